The van der Waals surface area contributed by atoms with E-state index in [0.29, 0.717) is 11.5 Å². The molecule has 0 heterocycles. The lowest BCUT2D eigenvalue weighted by Gasteiger charge is -2.09. The van der Waals surface area contributed by atoms with Crippen molar-refractivity contribution in [3.8, 4) is 36.2 Å². The average Bonchev–Trinajstić information content (AvgIpc) is 2.54. The second kappa shape index (κ2) is 6.38. The van der Waals surface area contributed by atoms with Gasteiger partial charge in [0.15, 0.2) is 0 Å². The van der Waals surface area contributed by atoms with Crippen LogP contribution in [0.4, 0.5) is 0 Å². The van der Waals surface area contributed by atoms with Crippen molar-refractivity contribution in [1.29, 1.82) is 0 Å². The highest BCUT2D eigenvalue weighted by atomic mass is 16.5. The van der Waals surface area contributed by atoms with Crippen molar-refractivity contribution in [3.63, 3.8) is 0 Å². The normalized spacial score (nSPS) is 9.48. The lowest BCUT2D eigenvalue weighted by Crippen LogP contribution is -2.01. The van der Waals surface area contributed by atoms with Crippen LogP contribution in [0, 0.1) is 24.7 Å². The van der Waals surface area contributed by atoms with Crippen molar-refractivity contribution in [2.75, 3.05) is 0 Å². The molecule has 2 N–H and O–H groups in total. The van der Waals surface area contributed by atoms with E-state index >= 15 is 0 Å². The predicted octanol–water partition coefficient (Wildman–Crippen LogP) is 2.84. The molecule has 0 spiro atoms. The van der Waals surface area contributed by atoms with Crippen molar-refractivity contribution in [3.05, 3.63) is 58.7 Å². The number of aromatic carboxylic acids is 2. The van der Waals surface area contributed by atoms with Crippen LogP contribution < -0.4 is 4.74 Å². The molecule has 5 nitrogen and oxygen atoms in total. The number of hydrogen-bond acceptors (Lipinski definition) is 3. The lowest BCUT2D eigenvalue weighted by atomic mass is 10.1. The van der Waals surface area contributed by atoms with Gasteiger partial charge in [0.25, 0.3) is 0 Å². The maximum atomic E-state index is 11.0. The maximum Gasteiger partial charge on any atom is 0.336 e. The van der Waals surface area contributed by atoms with Gasteiger partial charge in [-0.25, -0.2) is 9.59 Å². The largest absolute Gasteiger partial charge is 0.478 e. The Bertz CT molecular complexity index is 808. The number of benzene rings is 2. The third-order valence-corrected chi connectivity index (χ3v) is 2.99. The predicted molar refractivity (Wildman–Crippen MR) is 82.7 cm³/mol. The number of carbonyl (C=O) groups is 2. The first-order chi connectivity index (χ1) is 11.0. The zero-order chi connectivity index (χ0) is 17.0. The Kier molecular flexibility index (Phi) is 4.35. The van der Waals surface area contributed by atoms with Gasteiger partial charge >= 0.3 is 11.9 Å². The molecule has 23 heavy (non-hydrogen) atoms. The molecule has 0 atom stereocenters. The number of rotatable bonds is 4. The van der Waals surface area contributed by atoms with Crippen LogP contribution in [0.3, 0.4) is 0 Å². The molecule has 0 aromatic heterocycles. The molecular formula is C18H10O5. The van der Waals surface area contributed by atoms with Crippen molar-refractivity contribution in [1.82, 2.24) is 0 Å². The van der Waals surface area contributed by atoms with Crippen LogP contribution in [0.25, 0.3) is 0 Å². The molecule has 112 valence electrons. The number of ether oxygens (including phenoxy) is 1. The van der Waals surface area contributed by atoms with Crippen molar-refractivity contribution >= 4 is 11.9 Å². The van der Waals surface area contributed by atoms with E-state index in [4.69, 9.17) is 27.8 Å². The molecule has 0 amide bonds. The summed E-state index contributed by atoms with van der Waals surface area (Å²) in [7, 11) is 0. The minimum Gasteiger partial charge on any atom is -0.478 e. The van der Waals surface area contributed by atoms with Gasteiger partial charge in [-0.3, -0.25) is 0 Å². The summed E-state index contributed by atoms with van der Waals surface area (Å²) in [4.78, 5) is 22.0. The standard InChI is InChI=1S/C18H10O5/c1-3-11-9-13(5-7-15(11)17(19)20)23-14-6-8-16(18(21)22)12(4-2)10-14/h1-2,5-10H,(H,19,20)(H,21,22). The van der Waals surface area contributed by atoms with Gasteiger partial charge in [-0.15, -0.1) is 12.8 Å². The van der Waals surface area contributed by atoms with Crippen LogP contribution in [0.15, 0.2) is 36.4 Å². The van der Waals surface area contributed by atoms with E-state index in [1.165, 1.54) is 36.4 Å². The summed E-state index contributed by atoms with van der Waals surface area (Å²) in [5.74, 6) is 2.92. The summed E-state index contributed by atoms with van der Waals surface area (Å²) in [6, 6.07) is 8.38. The Balaban J connectivity index is 2.37. The van der Waals surface area contributed by atoms with Gasteiger partial charge in [-0.05, 0) is 36.4 Å². The number of hydrogen-bond donors (Lipinski definition) is 2. The molecule has 0 bridgehead atoms. The molecule has 2 aromatic rings. The van der Waals surface area contributed by atoms with Gasteiger partial charge in [0.1, 0.15) is 11.5 Å². The van der Waals surface area contributed by atoms with Crippen LogP contribution in [0.5, 0.6) is 11.5 Å². The molecule has 0 saturated carbocycles. The first kappa shape index (κ1) is 15.7. The third-order valence-electron chi connectivity index (χ3n) is 2.99. The Morgan fingerprint density at radius 2 is 1.22 bits per heavy atom. The van der Waals surface area contributed by atoms with Gasteiger partial charge in [0.05, 0.1) is 11.1 Å². The Morgan fingerprint density at radius 3 is 1.52 bits per heavy atom. The zero-order valence-corrected chi connectivity index (χ0v) is 11.7. The molecule has 5 heteroatoms. The highest BCUT2D eigenvalue weighted by Gasteiger charge is 2.12. The quantitative estimate of drug-likeness (QED) is 0.849. The zero-order valence-electron chi connectivity index (χ0n) is 11.7. The van der Waals surface area contributed by atoms with E-state index in [0.717, 1.165) is 0 Å². The number of carboxylic acid groups (broad SMARTS) is 2. The number of terminal acetylenes is 2. The Hall–Kier alpha value is -3.70. The molecule has 0 unspecified atom stereocenters. The first-order valence-corrected chi connectivity index (χ1v) is 6.32. The monoisotopic (exact) mass is 306 g/mol. The van der Waals surface area contributed by atoms with Gasteiger partial charge in [0.2, 0.25) is 0 Å². The molecule has 0 saturated heterocycles. The summed E-state index contributed by atoms with van der Waals surface area (Å²) >= 11 is 0. The number of carboxylic acids is 2. The van der Waals surface area contributed by atoms with Crippen LogP contribution in [-0.2, 0) is 0 Å². The summed E-state index contributed by atoms with van der Waals surface area (Å²) < 4.78 is 5.56. The van der Waals surface area contributed by atoms with Crippen LogP contribution in [-0.4, -0.2) is 22.2 Å². The second-order valence-corrected chi connectivity index (χ2v) is 4.42. The van der Waals surface area contributed by atoms with Crippen LogP contribution >= 0.6 is 0 Å². The Morgan fingerprint density at radius 1 is 0.826 bits per heavy atom. The summed E-state index contributed by atoms with van der Waals surface area (Å²) in [5, 5.41) is 18.0. The van der Waals surface area contributed by atoms with Gasteiger partial charge in [-0.1, -0.05) is 11.8 Å². The van der Waals surface area contributed by atoms with E-state index in [-0.39, 0.29) is 22.3 Å². The summed E-state index contributed by atoms with van der Waals surface area (Å²) in [5.41, 5.74) is 0.333. The minimum absolute atomic E-state index is 0.00890. The van der Waals surface area contributed by atoms with Gasteiger partial charge in [-0.2, -0.15) is 0 Å². The fraction of sp³-hybridized carbons (Fsp3) is 0. The van der Waals surface area contributed by atoms with Gasteiger partial charge in [0, 0.05) is 11.1 Å². The molecule has 0 fully saturated rings. The van der Waals surface area contributed by atoms with Crippen molar-refractivity contribution < 1.29 is 24.5 Å². The fourth-order valence-electron chi connectivity index (χ4n) is 1.92. The van der Waals surface area contributed by atoms with Crippen molar-refractivity contribution in [2.45, 2.75) is 0 Å². The highest BCUT2D eigenvalue weighted by Crippen LogP contribution is 2.26. The topological polar surface area (TPSA) is 83.8 Å². The maximum absolute atomic E-state index is 11.0. The molecule has 0 aliphatic carbocycles. The van der Waals surface area contributed by atoms with E-state index in [2.05, 4.69) is 11.8 Å². The molecule has 2 aromatic carbocycles. The molecule has 2 rings (SSSR count). The molecule has 0 aliphatic heterocycles. The van der Waals surface area contributed by atoms with Gasteiger partial charge < -0.3 is 14.9 Å². The van der Waals surface area contributed by atoms with Crippen molar-refractivity contribution in [2.24, 2.45) is 0 Å². The molecule has 0 radical (unpaired) electrons. The van der Waals surface area contributed by atoms with Crippen LogP contribution in [0.2, 0.25) is 0 Å². The first-order valence-electron chi connectivity index (χ1n) is 6.32. The second-order valence-electron chi connectivity index (χ2n) is 4.42. The van der Waals surface area contributed by atoms with E-state index < -0.39 is 11.9 Å². The smallest absolute Gasteiger partial charge is 0.336 e. The SMILES string of the molecule is C#Cc1cc(Oc2ccc(C(=O)O)c(C#C)c2)ccc1C(=O)O. The molecular weight excluding hydrogens is 296 g/mol. The molecule has 0 aliphatic rings. The van der Waals surface area contributed by atoms with E-state index in [1.54, 1.807) is 0 Å². The van der Waals surface area contributed by atoms with Crippen LogP contribution in [0.1, 0.15) is 31.8 Å². The van der Waals surface area contributed by atoms with E-state index in [9.17, 15) is 9.59 Å². The lowest BCUT2D eigenvalue weighted by molar-refractivity contribution is 0.0685. The fourth-order valence-corrected chi connectivity index (χ4v) is 1.92. The van der Waals surface area contributed by atoms with E-state index in [1.807, 2.05) is 0 Å². The highest BCUT2D eigenvalue weighted by molar-refractivity contribution is 5.91. The summed E-state index contributed by atoms with van der Waals surface area (Å²) in [6.45, 7) is 0. The third kappa shape index (κ3) is 3.31. The Labute approximate surface area is 132 Å². The summed E-state index contributed by atoms with van der Waals surface area (Å²) in [6.07, 6.45) is 10.6. The minimum atomic E-state index is -1.13. The average molecular weight is 306 g/mol.